The summed E-state index contributed by atoms with van der Waals surface area (Å²) < 4.78 is 5.59. The average molecular weight is 233 g/mol. The number of carbonyl (C=O) groups excluding carboxylic acids is 1. The Labute approximate surface area is 102 Å². The fraction of sp³-hybridized carbons (Fsp3) is 0.500. The first kappa shape index (κ1) is 12.1. The standard InChI is InChI=1S/C14H19NO2/c1-10(2)17-12-5-3-4-11(8-12)13(16)14(9-15)6-7-14/h3-5,8,10H,6-7,9,15H2,1-2H3. The third-order valence-electron chi connectivity index (χ3n) is 3.19. The fourth-order valence-corrected chi connectivity index (χ4v) is 1.96. The van der Waals surface area contributed by atoms with E-state index >= 15 is 0 Å². The fourth-order valence-electron chi connectivity index (χ4n) is 1.96. The van der Waals surface area contributed by atoms with Gasteiger partial charge < -0.3 is 10.5 Å². The minimum absolute atomic E-state index is 0.116. The van der Waals surface area contributed by atoms with E-state index in [4.69, 9.17) is 10.5 Å². The van der Waals surface area contributed by atoms with Crippen molar-refractivity contribution in [3.05, 3.63) is 29.8 Å². The van der Waals surface area contributed by atoms with E-state index in [0.29, 0.717) is 12.1 Å². The second-order valence-corrected chi connectivity index (χ2v) is 5.01. The van der Waals surface area contributed by atoms with Gasteiger partial charge in [-0.1, -0.05) is 12.1 Å². The Hall–Kier alpha value is -1.35. The molecule has 1 aliphatic rings. The number of rotatable bonds is 5. The molecule has 0 spiro atoms. The van der Waals surface area contributed by atoms with Crippen molar-refractivity contribution in [3.8, 4) is 5.75 Å². The van der Waals surface area contributed by atoms with Gasteiger partial charge in [0.2, 0.25) is 0 Å². The molecule has 0 saturated heterocycles. The summed E-state index contributed by atoms with van der Waals surface area (Å²) in [5, 5.41) is 0. The molecule has 1 fully saturated rings. The van der Waals surface area contributed by atoms with Crippen LogP contribution < -0.4 is 10.5 Å². The van der Waals surface area contributed by atoms with Crippen LogP contribution in [0, 0.1) is 5.41 Å². The van der Waals surface area contributed by atoms with Crippen molar-refractivity contribution in [2.75, 3.05) is 6.54 Å². The van der Waals surface area contributed by atoms with Crippen LogP contribution in [0.5, 0.6) is 5.75 Å². The van der Waals surface area contributed by atoms with Crippen molar-refractivity contribution in [2.45, 2.75) is 32.8 Å². The molecular formula is C14H19NO2. The van der Waals surface area contributed by atoms with Crippen LogP contribution in [0.15, 0.2) is 24.3 Å². The number of ketones is 1. The Balaban J connectivity index is 2.19. The van der Waals surface area contributed by atoms with E-state index in [0.717, 1.165) is 18.6 Å². The Bertz CT molecular complexity index is 422. The van der Waals surface area contributed by atoms with Crippen molar-refractivity contribution >= 4 is 5.78 Å². The minimum atomic E-state index is -0.281. The SMILES string of the molecule is CC(C)Oc1cccc(C(=O)C2(CN)CC2)c1. The van der Waals surface area contributed by atoms with Crippen molar-refractivity contribution in [1.82, 2.24) is 0 Å². The van der Waals surface area contributed by atoms with E-state index in [1.807, 2.05) is 38.1 Å². The number of ether oxygens (including phenoxy) is 1. The summed E-state index contributed by atoms with van der Waals surface area (Å²) in [5.41, 5.74) is 6.11. The van der Waals surface area contributed by atoms with E-state index < -0.39 is 0 Å². The Morgan fingerprint density at radius 3 is 2.71 bits per heavy atom. The van der Waals surface area contributed by atoms with E-state index in [-0.39, 0.29) is 17.3 Å². The lowest BCUT2D eigenvalue weighted by atomic mass is 9.95. The highest BCUT2D eigenvalue weighted by molar-refractivity contribution is 6.02. The number of hydrogen-bond acceptors (Lipinski definition) is 3. The predicted molar refractivity (Wildman–Crippen MR) is 67.3 cm³/mol. The summed E-state index contributed by atoms with van der Waals surface area (Å²) in [4.78, 5) is 12.3. The van der Waals surface area contributed by atoms with Crippen LogP contribution in [0.2, 0.25) is 0 Å². The molecule has 0 atom stereocenters. The first-order valence-electron chi connectivity index (χ1n) is 6.09. The highest BCUT2D eigenvalue weighted by Gasteiger charge is 2.48. The first-order chi connectivity index (χ1) is 8.07. The molecule has 2 rings (SSSR count). The van der Waals surface area contributed by atoms with Gasteiger partial charge in [-0.05, 0) is 38.8 Å². The summed E-state index contributed by atoms with van der Waals surface area (Å²) in [6.07, 6.45) is 1.94. The Morgan fingerprint density at radius 1 is 1.47 bits per heavy atom. The number of carbonyl (C=O) groups is 1. The molecule has 2 N–H and O–H groups in total. The smallest absolute Gasteiger partial charge is 0.170 e. The number of hydrogen-bond donors (Lipinski definition) is 1. The molecule has 3 heteroatoms. The van der Waals surface area contributed by atoms with Gasteiger partial charge in [0.05, 0.1) is 6.10 Å². The van der Waals surface area contributed by atoms with Crippen LogP contribution in [0.3, 0.4) is 0 Å². The van der Waals surface area contributed by atoms with E-state index in [1.165, 1.54) is 0 Å². The Kier molecular flexibility index (Phi) is 3.20. The number of benzene rings is 1. The topological polar surface area (TPSA) is 52.3 Å². The van der Waals surface area contributed by atoms with Gasteiger partial charge in [-0.15, -0.1) is 0 Å². The minimum Gasteiger partial charge on any atom is -0.491 e. The highest BCUT2D eigenvalue weighted by atomic mass is 16.5. The molecule has 1 saturated carbocycles. The zero-order valence-electron chi connectivity index (χ0n) is 10.4. The van der Waals surface area contributed by atoms with Gasteiger partial charge in [0.15, 0.2) is 5.78 Å². The first-order valence-corrected chi connectivity index (χ1v) is 6.09. The van der Waals surface area contributed by atoms with Gasteiger partial charge in [-0.3, -0.25) is 4.79 Å². The zero-order chi connectivity index (χ0) is 12.5. The van der Waals surface area contributed by atoms with Crippen LogP contribution in [0.4, 0.5) is 0 Å². The van der Waals surface area contributed by atoms with Gasteiger partial charge in [0.25, 0.3) is 0 Å². The third kappa shape index (κ3) is 2.50. The maximum Gasteiger partial charge on any atom is 0.170 e. The largest absolute Gasteiger partial charge is 0.491 e. The zero-order valence-corrected chi connectivity index (χ0v) is 10.4. The molecule has 0 radical (unpaired) electrons. The highest BCUT2D eigenvalue weighted by Crippen LogP contribution is 2.47. The molecule has 1 aliphatic carbocycles. The van der Waals surface area contributed by atoms with Gasteiger partial charge in [-0.2, -0.15) is 0 Å². The molecule has 1 aromatic rings. The van der Waals surface area contributed by atoms with Crippen LogP contribution in [-0.4, -0.2) is 18.4 Å². The van der Waals surface area contributed by atoms with E-state index in [1.54, 1.807) is 0 Å². The monoisotopic (exact) mass is 233 g/mol. The van der Waals surface area contributed by atoms with Crippen molar-refractivity contribution in [1.29, 1.82) is 0 Å². The van der Waals surface area contributed by atoms with Crippen molar-refractivity contribution in [3.63, 3.8) is 0 Å². The van der Waals surface area contributed by atoms with Gasteiger partial charge in [-0.25, -0.2) is 0 Å². The molecule has 0 bridgehead atoms. The molecule has 3 nitrogen and oxygen atoms in total. The molecule has 0 heterocycles. The van der Waals surface area contributed by atoms with Crippen LogP contribution >= 0.6 is 0 Å². The molecular weight excluding hydrogens is 214 g/mol. The predicted octanol–water partition coefficient (Wildman–Crippen LogP) is 2.40. The van der Waals surface area contributed by atoms with Crippen molar-refractivity contribution < 1.29 is 9.53 Å². The summed E-state index contributed by atoms with van der Waals surface area (Å²) in [7, 11) is 0. The third-order valence-corrected chi connectivity index (χ3v) is 3.19. The Morgan fingerprint density at radius 2 is 2.18 bits per heavy atom. The number of nitrogens with two attached hydrogens (primary N) is 1. The van der Waals surface area contributed by atoms with Gasteiger partial charge >= 0.3 is 0 Å². The maximum atomic E-state index is 12.3. The lowest BCUT2D eigenvalue weighted by molar-refractivity contribution is 0.0905. The molecule has 0 aromatic heterocycles. The van der Waals surface area contributed by atoms with Crippen molar-refractivity contribution in [2.24, 2.45) is 11.1 Å². The second-order valence-electron chi connectivity index (χ2n) is 5.01. The normalized spacial score (nSPS) is 16.9. The molecule has 92 valence electrons. The summed E-state index contributed by atoms with van der Waals surface area (Å²) in [6.45, 7) is 4.38. The summed E-state index contributed by atoms with van der Waals surface area (Å²) in [6, 6.07) is 7.39. The summed E-state index contributed by atoms with van der Waals surface area (Å²) >= 11 is 0. The quantitative estimate of drug-likeness (QED) is 0.794. The molecule has 0 unspecified atom stereocenters. The average Bonchev–Trinajstić information content (AvgIpc) is 3.08. The van der Waals surface area contributed by atoms with E-state index in [9.17, 15) is 4.79 Å². The number of Topliss-reactive ketones (excluding diaryl/α,β-unsaturated/α-hetero) is 1. The molecule has 0 amide bonds. The van der Waals surface area contributed by atoms with Crippen LogP contribution in [0.1, 0.15) is 37.0 Å². The van der Waals surface area contributed by atoms with Crippen LogP contribution in [0.25, 0.3) is 0 Å². The van der Waals surface area contributed by atoms with E-state index in [2.05, 4.69) is 0 Å². The molecule has 0 aliphatic heterocycles. The molecule has 17 heavy (non-hydrogen) atoms. The lowest BCUT2D eigenvalue weighted by Gasteiger charge is -2.13. The molecule has 1 aromatic carbocycles. The van der Waals surface area contributed by atoms with Gasteiger partial charge in [0, 0.05) is 17.5 Å². The second kappa shape index (κ2) is 4.49. The lowest BCUT2D eigenvalue weighted by Crippen LogP contribution is -2.25. The van der Waals surface area contributed by atoms with Gasteiger partial charge in [0.1, 0.15) is 5.75 Å². The maximum absolute atomic E-state index is 12.3. The summed E-state index contributed by atoms with van der Waals surface area (Å²) in [5.74, 6) is 0.910. The van der Waals surface area contributed by atoms with Crippen LogP contribution in [-0.2, 0) is 0 Å².